The molecule has 2 aromatic carbocycles. The van der Waals surface area contributed by atoms with Gasteiger partial charge in [0.25, 0.3) is 5.91 Å². The maximum absolute atomic E-state index is 12.5. The van der Waals surface area contributed by atoms with Crippen molar-refractivity contribution in [2.45, 2.75) is 19.3 Å². The number of rotatable bonds is 6. The molecule has 3 heteroatoms. The van der Waals surface area contributed by atoms with Crippen LogP contribution in [0.15, 0.2) is 54.6 Å². The van der Waals surface area contributed by atoms with Gasteiger partial charge in [-0.05, 0) is 30.0 Å². The maximum atomic E-state index is 12.5. The minimum atomic E-state index is -0.0149. The Morgan fingerprint density at radius 2 is 1.73 bits per heavy atom. The Bertz CT molecular complexity index is 659. The van der Waals surface area contributed by atoms with E-state index in [1.54, 1.807) is 11.9 Å². The van der Waals surface area contributed by atoms with E-state index in [1.165, 1.54) is 5.56 Å². The van der Waals surface area contributed by atoms with Gasteiger partial charge < -0.3 is 4.90 Å². The summed E-state index contributed by atoms with van der Waals surface area (Å²) in [5.41, 5.74) is 3.06. The number of hydrogen-bond acceptors (Lipinski definition) is 2. The first-order valence-electron chi connectivity index (χ1n) is 7.46. The second kappa shape index (κ2) is 7.99. The average molecular weight is 292 g/mol. The molecular weight excluding hydrogens is 272 g/mol. The fourth-order valence-electron chi connectivity index (χ4n) is 2.40. The summed E-state index contributed by atoms with van der Waals surface area (Å²) >= 11 is 0. The lowest BCUT2D eigenvalue weighted by Gasteiger charge is -2.17. The third-order valence-corrected chi connectivity index (χ3v) is 3.68. The lowest BCUT2D eigenvalue weighted by molar-refractivity contribution is 0.0797. The summed E-state index contributed by atoms with van der Waals surface area (Å²) in [5.74, 6) is -0.0149. The lowest BCUT2D eigenvalue weighted by Crippen LogP contribution is -2.28. The van der Waals surface area contributed by atoms with Crippen LogP contribution in [0.1, 0.15) is 27.9 Å². The first-order chi connectivity index (χ1) is 10.7. The summed E-state index contributed by atoms with van der Waals surface area (Å²) in [7, 11) is 1.74. The number of carbonyl (C=O) groups is 1. The van der Waals surface area contributed by atoms with Crippen molar-refractivity contribution < 1.29 is 4.79 Å². The molecule has 0 aromatic heterocycles. The Balaban J connectivity index is 2.09. The molecule has 0 heterocycles. The van der Waals surface area contributed by atoms with Crippen LogP contribution in [-0.2, 0) is 12.8 Å². The highest BCUT2D eigenvalue weighted by atomic mass is 16.2. The van der Waals surface area contributed by atoms with E-state index < -0.39 is 0 Å². The zero-order valence-corrected chi connectivity index (χ0v) is 12.8. The summed E-state index contributed by atoms with van der Waals surface area (Å²) in [6.07, 6.45) is 2.10. The summed E-state index contributed by atoms with van der Waals surface area (Å²) in [6.45, 7) is 0.461. The predicted molar refractivity (Wildman–Crippen MR) is 87.5 cm³/mol. The van der Waals surface area contributed by atoms with Crippen molar-refractivity contribution in [2.75, 3.05) is 13.6 Å². The molecule has 0 spiro atoms. The number of aryl methyl sites for hydroxylation is 2. The molecule has 0 saturated carbocycles. The highest BCUT2D eigenvalue weighted by Gasteiger charge is 2.14. The normalized spacial score (nSPS) is 10.0. The van der Waals surface area contributed by atoms with E-state index >= 15 is 0 Å². The van der Waals surface area contributed by atoms with Crippen LogP contribution in [0.2, 0.25) is 0 Å². The summed E-state index contributed by atoms with van der Waals surface area (Å²) < 4.78 is 0. The fourth-order valence-corrected chi connectivity index (χ4v) is 2.40. The first-order valence-corrected chi connectivity index (χ1v) is 7.46. The molecule has 0 radical (unpaired) electrons. The van der Waals surface area contributed by atoms with E-state index in [0.29, 0.717) is 13.0 Å². The molecule has 0 aliphatic carbocycles. The molecule has 112 valence electrons. The Morgan fingerprint density at radius 1 is 1.05 bits per heavy atom. The van der Waals surface area contributed by atoms with Gasteiger partial charge in [-0.15, -0.1) is 0 Å². The standard InChI is InChI=1S/C19H20N2O/c1-21(15-7-14-20)19(22)18-11-6-5-10-17(18)13-12-16-8-3-2-4-9-16/h2-6,8-11H,7,12-13,15H2,1H3. The molecule has 0 unspecified atom stereocenters. The van der Waals surface area contributed by atoms with Crippen molar-refractivity contribution >= 4 is 5.91 Å². The van der Waals surface area contributed by atoms with Crippen LogP contribution < -0.4 is 0 Å². The summed E-state index contributed by atoms with van der Waals surface area (Å²) in [5, 5.41) is 8.64. The zero-order chi connectivity index (χ0) is 15.8. The number of nitrogens with zero attached hydrogens (tertiary/aromatic N) is 2. The van der Waals surface area contributed by atoms with Crippen LogP contribution in [0.3, 0.4) is 0 Å². The van der Waals surface area contributed by atoms with Crippen molar-refractivity contribution in [3.63, 3.8) is 0 Å². The molecule has 0 aliphatic heterocycles. The van der Waals surface area contributed by atoms with Crippen molar-refractivity contribution in [3.8, 4) is 6.07 Å². The van der Waals surface area contributed by atoms with Gasteiger partial charge in [-0.2, -0.15) is 5.26 Å². The summed E-state index contributed by atoms with van der Waals surface area (Å²) in [6, 6.07) is 20.1. The molecule has 0 atom stereocenters. The van der Waals surface area contributed by atoms with Crippen LogP contribution in [-0.4, -0.2) is 24.4 Å². The van der Waals surface area contributed by atoms with Crippen molar-refractivity contribution in [2.24, 2.45) is 0 Å². The topological polar surface area (TPSA) is 44.1 Å². The van der Waals surface area contributed by atoms with Gasteiger partial charge in [0.1, 0.15) is 0 Å². The maximum Gasteiger partial charge on any atom is 0.253 e. The predicted octanol–water partition coefficient (Wildman–Crippen LogP) is 3.46. The zero-order valence-electron chi connectivity index (χ0n) is 12.8. The third kappa shape index (κ3) is 4.20. The molecule has 0 bridgehead atoms. The molecule has 1 amide bonds. The third-order valence-electron chi connectivity index (χ3n) is 3.68. The Kier molecular flexibility index (Phi) is 5.73. The minimum Gasteiger partial charge on any atom is -0.341 e. The Labute approximate surface area is 131 Å². The molecule has 2 aromatic rings. The number of benzene rings is 2. The van der Waals surface area contributed by atoms with Crippen LogP contribution in [0.25, 0.3) is 0 Å². The quantitative estimate of drug-likeness (QED) is 0.818. The van der Waals surface area contributed by atoms with Gasteiger partial charge in [-0.1, -0.05) is 48.5 Å². The van der Waals surface area contributed by atoms with E-state index in [2.05, 4.69) is 18.2 Å². The fraction of sp³-hybridized carbons (Fsp3) is 0.263. The molecular formula is C19H20N2O. The molecule has 0 saturated heterocycles. The highest BCUT2D eigenvalue weighted by Crippen LogP contribution is 2.14. The molecule has 0 fully saturated rings. The van der Waals surface area contributed by atoms with Gasteiger partial charge in [0.05, 0.1) is 12.5 Å². The second-order valence-corrected chi connectivity index (χ2v) is 5.28. The van der Waals surface area contributed by atoms with E-state index in [0.717, 1.165) is 24.0 Å². The molecule has 3 nitrogen and oxygen atoms in total. The molecule has 22 heavy (non-hydrogen) atoms. The monoisotopic (exact) mass is 292 g/mol. The average Bonchev–Trinajstić information content (AvgIpc) is 2.58. The van der Waals surface area contributed by atoms with E-state index in [1.807, 2.05) is 42.5 Å². The number of nitriles is 1. The molecule has 0 N–H and O–H groups in total. The van der Waals surface area contributed by atoms with Crippen LogP contribution >= 0.6 is 0 Å². The smallest absolute Gasteiger partial charge is 0.253 e. The number of hydrogen-bond donors (Lipinski definition) is 0. The SMILES string of the molecule is CN(CCC#N)C(=O)c1ccccc1CCc1ccccc1. The van der Waals surface area contributed by atoms with Gasteiger partial charge in [0.15, 0.2) is 0 Å². The molecule has 0 aliphatic rings. The van der Waals surface area contributed by atoms with Crippen molar-refractivity contribution in [3.05, 3.63) is 71.3 Å². The highest BCUT2D eigenvalue weighted by molar-refractivity contribution is 5.95. The van der Waals surface area contributed by atoms with E-state index in [9.17, 15) is 4.79 Å². The van der Waals surface area contributed by atoms with Crippen LogP contribution in [0.4, 0.5) is 0 Å². The van der Waals surface area contributed by atoms with Gasteiger partial charge in [-0.3, -0.25) is 4.79 Å². The number of carbonyl (C=O) groups excluding carboxylic acids is 1. The van der Waals surface area contributed by atoms with E-state index in [-0.39, 0.29) is 5.91 Å². The summed E-state index contributed by atoms with van der Waals surface area (Å²) in [4.78, 5) is 14.1. The minimum absolute atomic E-state index is 0.0149. The number of amides is 1. The van der Waals surface area contributed by atoms with Crippen molar-refractivity contribution in [1.82, 2.24) is 4.90 Å². The Morgan fingerprint density at radius 3 is 2.45 bits per heavy atom. The van der Waals surface area contributed by atoms with Crippen LogP contribution in [0, 0.1) is 11.3 Å². The van der Waals surface area contributed by atoms with Gasteiger partial charge in [-0.25, -0.2) is 0 Å². The van der Waals surface area contributed by atoms with Gasteiger partial charge in [0, 0.05) is 19.2 Å². The Hall–Kier alpha value is -2.60. The van der Waals surface area contributed by atoms with Gasteiger partial charge >= 0.3 is 0 Å². The van der Waals surface area contributed by atoms with Crippen LogP contribution in [0.5, 0.6) is 0 Å². The van der Waals surface area contributed by atoms with Crippen molar-refractivity contribution in [1.29, 1.82) is 5.26 Å². The second-order valence-electron chi connectivity index (χ2n) is 5.28. The lowest BCUT2D eigenvalue weighted by atomic mass is 9.99. The van der Waals surface area contributed by atoms with Gasteiger partial charge in [0.2, 0.25) is 0 Å². The largest absolute Gasteiger partial charge is 0.341 e. The molecule has 2 rings (SSSR count). The first kappa shape index (κ1) is 15.8. The van der Waals surface area contributed by atoms with E-state index in [4.69, 9.17) is 5.26 Å².